The van der Waals surface area contributed by atoms with E-state index in [1.54, 1.807) is 0 Å². The molecule has 0 spiro atoms. The molecule has 1 aliphatic heterocycles. The van der Waals surface area contributed by atoms with Crippen molar-refractivity contribution >= 4 is 22.0 Å². The molecule has 1 aliphatic rings. The maximum atomic E-state index is 9.18. The average Bonchev–Trinajstić information content (AvgIpc) is 2.96. The van der Waals surface area contributed by atoms with Gasteiger partial charge < -0.3 is 15.4 Å². The second-order valence-electron chi connectivity index (χ2n) is 6.00. The summed E-state index contributed by atoms with van der Waals surface area (Å²) in [6.45, 7) is 10.5. The average molecular weight is 293 g/mol. The van der Waals surface area contributed by atoms with Crippen molar-refractivity contribution in [3.8, 4) is 11.8 Å². The van der Waals surface area contributed by atoms with Crippen LogP contribution in [-0.4, -0.2) is 19.2 Å². The summed E-state index contributed by atoms with van der Waals surface area (Å²) in [7, 11) is 0. The second kappa shape index (κ2) is 5.92. The van der Waals surface area contributed by atoms with Crippen molar-refractivity contribution in [3.05, 3.63) is 4.88 Å². The van der Waals surface area contributed by atoms with Crippen LogP contribution in [0.4, 0.5) is 10.7 Å². The molecule has 1 aromatic rings. The normalized spacial score (nSPS) is 18.9. The molecule has 0 saturated carbocycles. The molecule has 5 heteroatoms. The van der Waals surface area contributed by atoms with Gasteiger partial charge in [-0.1, -0.05) is 13.8 Å². The largest absolute Gasteiger partial charge is 0.486 e. The quantitative estimate of drug-likeness (QED) is 0.923. The van der Waals surface area contributed by atoms with Crippen molar-refractivity contribution in [3.63, 3.8) is 0 Å². The summed E-state index contributed by atoms with van der Waals surface area (Å²) >= 11 is 1.45. The Labute approximate surface area is 125 Å². The lowest BCUT2D eigenvalue weighted by Gasteiger charge is -2.21. The lowest BCUT2D eigenvalue weighted by Crippen LogP contribution is -2.21. The van der Waals surface area contributed by atoms with E-state index in [1.165, 1.54) is 17.8 Å². The predicted octanol–water partition coefficient (Wildman–Crippen LogP) is 3.47. The Morgan fingerprint density at radius 3 is 2.60 bits per heavy atom. The molecule has 110 valence electrons. The van der Waals surface area contributed by atoms with Crippen LogP contribution in [-0.2, 0) is 0 Å². The van der Waals surface area contributed by atoms with Crippen molar-refractivity contribution in [2.45, 2.75) is 40.2 Å². The van der Waals surface area contributed by atoms with E-state index in [1.807, 2.05) is 13.8 Å². The van der Waals surface area contributed by atoms with Gasteiger partial charge in [0.15, 0.2) is 5.75 Å². The van der Waals surface area contributed by atoms with Crippen LogP contribution in [0.1, 0.15) is 39.0 Å². The number of rotatable bonds is 4. The van der Waals surface area contributed by atoms with Gasteiger partial charge in [-0.2, -0.15) is 5.26 Å². The highest BCUT2D eigenvalue weighted by Crippen LogP contribution is 2.46. The van der Waals surface area contributed by atoms with Crippen molar-refractivity contribution in [2.75, 3.05) is 23.7 Å². The van der Waals surface area contributed by atoms with E-state index in [0.29, 0.717) is 28.1 Å². The van der Waals surface area contributed by atoms with Crippen LogP contribution in [0.15, 0.2) is 0 Å². The van der Waals surface area contributed by atoms with E-state index in [9.17, 15) is 5.26 Å². The van der Waals surface area contributed by atoms with E-state index in [2.05, 4.69) is 24.8 Å². The standard InChI is InChI=1S/C15H23N3OS/c1-9(2)11-5-6-18(8-11)15-14(19-10(3)4)13(17)12(7-16)20-15/h9-11H,5-6,8,17H2,1-4H3. The highest BCUT2D eigenvalue weighted by molar-refractivity contribution is 7.17. The van der Waals surface area contributed by atoms with E-state index < -0.39 is 0 Å². The van der Waals surface area contributed by atoms with Crippen LogP contribution in [0.5, 0.6) is 5.75 Å². The molecule has 1 aromatic heterocycles. The first-order valence-corrected chi connectivity index (χ1v) is 7.99. The first-order chi connectivity index (χ1) is 9.43. The van der Waals surface area contributed by atoms with Gasteiger partial charge in [0.05, 0.1) is 6.10 Å². The number of anilines is 2. The highest BCUT2D eigenvalue weighted by Gasteiger charge is 2.30. The Balaban J connectivity index is 2.29. The van der Waals surface area contributed by atoms with Crippen molar-refractivity contribution in [2.24, 2.45) is 11.8 Å². The molecule has 1 saturated heterocycles. The van der Waals surface area contributed by atoms with Crippen LogP contribution in [0.2, 0.25) is 0 Å². The summed E-state index contributed by atoms with van der Waals surface area (Å²) in [6, 6.07) is 2.17. The van der Waals surface area contributed by atoms with Gasteiger partial charge in [-0.25, -0.2) is 0 Å². The molecule has 1 fully saturated rings. The fourth-order valence-corrected chi connectivity index (χ4v) is 3.56. The SMILES string of the molecule is CC(C)Oc1c(N2CCC(C(C)C)C2)sc(C#N)c1N. The number of nitrogen functional groups attached to an aromatic ring is 1. The molecule has 1 atom stereocenters. The molecular formula is C15H23N3OS. The summed E-state index contributed by atoms with van der Waals surface area (Å²) in [6.07, 6.45) is 1.25. The molecular weight excluding hydrogens is 270 g/mol. The van der Waals surface area contributed by atoms with Gasteiger partial charge in [0, 0.05) is 13.1 Å². The van der Waals surface area contributed by atoms with E-state index in [-0.39, 0.29) is 6.10 Å². The van der Waals surface area contributed by atoms with Crippen molar-refractivity contribution in [1.82, 2.24) is 0 Å². The van der Waals surface area contributed by atoms with Crippen molar-refractivity contribution in [1.29, 1.82) is 5.26 Å². The second-order valence-corrected chi connectivity index (χ2v) is 7.00. The van der Waals surface area contributed by atoms with E-state index in [0.717, 1.165) is 18.1 Å². The predicted molar refractivity (Wildman–Crippen MR) is 84.4 cm³/mol. The summed E-state index contributed by atoms with van der Waals surface area (Å²) in [5.74, 6) is 2.09. The van der Waals surface area contributed by atoms with Gasteiger partial charge in [-0.15, -0.1) is 11.3 Å². The summed E-state index contributed by atoms with van der Waals surface area (Å²) in [5, 5.41) is 10.2. The zero-order valence-electron chi connectivity index (χ0n) is 12.6. The number of thiophene rings is 1. The number of nitrogens with two attached hydrogens (primary N) is 1. The molecule has 1 unspecified atom stereocenters. The minimum atomic E-state index is 0.0562. The monoisotopic (exact) mass is 293 g/mol. The Kier molecular flexibility index (Phi) is 4.44. The Bertz CT molecular complexity index is 516. The number of hydrogen-bond donors (Lipinski definition) is 1. The molecule has 0 radical (unpaired) electrons. The minimum Gasteiger partial charge on any atom is -0.486 e. The summed E-state index contributed by atoms with van der Waals surface area (Å²) < 4.78 is 5.86. The first-order valence-electron chi connectivity index (χ1n) is 7.18. The third-order valence-electron chi connectivity index (χ3n) is 3.79. The lowest BCUT2D eigenvalue weighted by atomic mass is 9.95. The summed E-state index contributed by atoms with van der Waals surface area (Å²) in [4.78, 5) is 2.88. The van der Waals surface area contributed by atoms with Gasteiger partial charge in [-0.3, -0.25) is 0 Å². The van der Waals surface area contributed by atoms with E-state index >= 15 is 0 Å². The third kappa shape index (κ3) is 2.85. The third-order valence-corrected chi connectivity index (χ3v) is 4.94. The molecule has 0 bridgehead atoms. The maximum absolute atomic E-state index is 9.18. The van der Waals surface area contributed by atoms with Crippen LogP contribution in [0.25, 0.3) is 0 Å². The Hall–Kier alpha value is -1.41. The number of hydrogen-bond acceptors (Lipinski definition) is 5. The van der Waals surface area contributed by atoms with Crippen LogP contribution in [0, 0.1) is 23.2 Å². The zero-order valence-corrected chi connectivity index (χ0v) is 13.5. The van der Waals surface area contributed by atoms with Crippen LogP contribution < -0.4 is 15.4 Å². The first kappa shape index (κ1) is 15.0. The molecule has 20 heavy (non-hydrogen) atoms. The fourth-order valence-electron chi connectivity index (χ4n) is 2.57. The number of ether oxygens (including phenoxy) is 1. The van der Waals surface area contributed by atoms with Gasteiger partial charge in [0.2, 0.25) is 0 Å². The summed E-state index contributed by atoms with van der Waals surface area (Å²) in [5.41, 5.74) is 6.56. The van der Waals surface area contributed by atoms with Gasteiger partial charge >= 0.3 is 0 Å². The number of nitriles is 1. The molecule has 4 nitrogen and oxygen atoms in total. The smallest absolute Gasteiger partial charge is 0.178 e. The molecule has 0 aliphatic carbocycles. The number of nitrogens with zero attached hydrogens (tertiary/aromatic N) is 2. The van der Waals surface area contributed by atoms with Gasteiger partial charge in [0.1, 0.15) is 21.6 Å². The van der Waals surface area contributed by atoms with Crippen molar-refractivity contribution < 1.29 is 4.74 Å². The van der Waals surface area contributed by atoms with Gasteiger partial charge in [-0.05, 0) is 32.1 Å². The zero-order chi connectivity index (χ0) is 14.9. The Morgan fingerprint density at radius 2 is 2.10 bits per heavy atom. The van der Waals surface area contributed by atoms with Crippen LogP contribution in [0.3, 0.4) is 0 Å². The minimum absolute atomic E-state index is 0.0562. The topological polar surface area (TPSA) is 62.3 Å². The fraction of sp³-hybridized carbons (Fsp3) is 0.667. The van der Waals surface area contributed by atoms with Crippen LogP contribution >= 0.6 is 11.3 Å². The van der Waals surface area contributed by atoms with E-state index in [4.69, 9.17) is 10.5 Å². The maximum Gasteiger partial charge on any atom is 0.178 e. The Morgan fingerprint density at radius 1 is 1.40 bits per heavy atom. The molecule has 0 amide bonds. The molecule has 2 N–H and O–H groups in total. The lowest BCUT2D eigenvalue weighted by molar-refractivity contribution is 0.245. The highest BCUT2D eigenvalue weighted by atomic mass is 32.1. The molecule has 0 aromatic carbocycles. The van der Waals surface area contributed by atoms with Gasteiger partial charge in [0.25, 0.3) is 0 Å². The molecule has 2 heterocycles. The molecule has 2 rings (SSSR count).